The third kappa shape index (κ3) is 5.46. The molecule has 6 nitrogen and oxygen atoms in total. The Balaban J connectivity index is 1.95. The van der Waals surface area contributed by atoms with Gasteiger partial charge in [0.25, 0.3) is 11.8 Å². The lowest BCUT2D eigenvalue weighted by molar-refractivity contribution is 0.0943. The maximum atomic E-state index is 12.3. The van der Waals surface area contributed by atoms with Gasteiger partial charge in [0.1, 0.15) is 5.69 Å². The van der Waals surface area contributed by atoms with Crippen molar-refractivity contribution in [1.82, 2.24) is 10.3 Å². The number of amides is 2. The second kappa shape index (κ2) is 9.03. The largest absolute Gasteiger partial charge is 0.382 e. The third-order valence-corrected chi connectivity index (χ3v) is 3.71. The number of H-pyrrole nitrogens is 1. The van der Waals surface area contributed by atoms with Crippen LogP contribution >= 0.6 is 0 Å². The van der Waals surface area contributed by atoms with E-state index in [2.05, 4.69) is 15.6 Å². The van der Waals surface area contributed by atoms with Crippen LogP contribution in [0.2, 0.25) is 0 Å². The molecule has 6 heteroatoms. The van der Waals surface area contributed by atoms with Gasteiger partial charge in [-0.05, 0) is 57.0 Å². The zero-order chi connectivity index (χ0) is 18.2. The number of nitrogens with one attached hydrogen (secondary N) is 3. The van der Waals surface area contributed by atoms with E-state index in [0.29, 0.717) is 36.7 Å². The molecule has 0 unspecified atom stereocenters. The number of benzene rings is 1. The van der Waals surface area contributed by atoms with Gasteiger partial charge in [0.15, 0.2) is 0 Å². The van der Waals surface area contributed by atoms with E-state index >= 15 is 0 Å². The van der Waals surface area contributed by atoms with Crippen LogP contribution in [0.5, 0.6) is 0 Å². The van der Waals surface area contributed by atoms with Gasteiger partial charge in [-0.1, -0.05) is 6.07 Å². The summed E-state index contributed by atoms with van der Waals surface area (Å²) in [5.74, 6) is -0.389. The Labute approximate surface area is 148 Å². The van der Waals surface area contributed by atoms with Crippen LogP contribution < -0.4 is 10.6 Å². The quantitative estimate of drug-likeness (QED) is 0.644. The normalized spacial score (nSPS) is 10.5. The van der Waals surface area contributed by atoms with Gasteiger partial charge in [0.2, 0.25) is 0 Å². The van der Waals surface area contributed by atoms with E-state index in [1.165, 1.54) is 0 Å². The predicted molar refractivity (Wildman–Crippen MR) is 98.1 cm³/mol. The van der Waals surface area contributed by atoms with Crippen LogP contribution in [0.25, 0.3) is 0 Å². The number of ether oxygens (including phenoxy) is 1. The Hall–Kier alpha value is -2.60. The van der Waals surface area contributed by atoms with Crippen molar-refractivity contribution in [2.45, 2.75) is 27.2 Å². The zero-order valence-corrected chi connectivity index (χ0v) is 14.9. The minimum Gasteiger partial charge on any atom is -0.382 e. The maximum Gasteiger partial charge on any atom is 0.272 e. The first-order valence-electron chi connectivity index (χ1n) is 8.44. The molecule has 2 amide bonds. The molecule has 0 atom stereocenters. The predicted octanol–water partition coefficient (Wildman–Crippen LogP) is 3.04. The molecule has 134 valence electrons. The molecule has 0 spiro atoms. The van der Waals surface area contributed by atoms with Crippen LogP contribution in [0, 0.1) is 13.8 Å². The number of aromatic nitrogens is 1. The summed E-state index contributed by atoms with van der Waals surface area (Å²) < 4.78 is 5.24. The van der Waals surface area contributed by atoms with Gasteiger partial charge < -0.3 is 20.4 Å². The standard InChI is InChI=1S/C19H25N3O3/c1-4-25-10-6-9-20-18(23)15-7-5-8-16(12-15)22-19(24)17-13(2)11-14(3)21-17/h5,7-8,11-12,21H,4,6,9-10H2,1-3H3,(H,20,23)(H,22,24). The molecule has 2 aromatic rings. The monoisotopic (exact) mass is 343 g/mol. The second-order valence-corrected chi connectivity index (χ2v) is 5.85. The molecule has 0 aliphatic heterocycles. The fourth-order valence-electron chi connectivity index (χ4n) is 2.52. The topological polar surface area (TPSA) is 83.2 Å². The van der Waals surface area contributed by atoms with Gasteiger partial charge in [0.05, 0.1) is 0 Å². The summed E-state index contributed by atoms with van der Waals surface area (Å²) in [5, 5.41) is 5.67. The summed E-state index contributed by atoms with van der Waals surface area (Å²) in [6.07, 6.45) is 0.765. The molecule has 0 bridgehead atoms. The Morgan fingerprint density at radius 3 is 2.64 bits per heavy atom. The number of hydrogen-bond donors (Lipinski definition) is 3. The highest BCUT2D eigenvalue weighted by molar-refractivity contribution is 6.05. The SMILES string of the molecule is CCOCCCNC(=O)c1cccc(NC(=O)c2[nH]c(C)cc2C)c1. The highest BCUT2D eigenvalue weighted by Crippen LogP contribution is 2.14. The van der Waals surface area contributed by atoms with Crippen molar-refractivity contribution in [2.24, 2.45) is 0 Å². The number of hydrogen-bond acceptors (Lipinski definition) is 3. The van der Waals surface area contributed by atoms with Crippen LogP contribution in [0.15, 0.2) is 30.3 Å². The molecule has 0 aliphatic rings. The van der Waals surface area contributed by atoms with Crippen LogP contribution in [0.1, 0.15) is 45.4 Å². The molecule has 0 fully saturated rings. The van der Waals surface area contributed by atoms with Crippen molar-refractivity contribution in [2.75, 3.05) is 25.1 Å². The fourth-order valence-corrected chi connectivity index (χ4v) is 2.52. The van der Waals surface area contributed by atoms with Gasteiger partial charge >= 0.3 is 0 Å². The third-order valence-electron chi connectivity index (χ3n) is 3.71. The average molecular weight is 343 g/mol. The highest BCUT2D eigenvalue weighted by atomic mass is 16.5. The van der Waals surface area contributed by atoms with Gasteiger partial charge in [-0.25, -0.2) is 0 Å². The Morgan fingerprint density at radius 2 is 1.96 bits per heavy atom. The summed E-state index contributed by atoms with van der Waals surface area (Å²) in [6, 6.07) is 8.81. The molecule has 0 radical (unpaired) electrons. The number of aryl methyl sites for hydroxylation is 2. The summed E-state index contributed by atoms with van der Waals surface area (Å²) in [6.45, 7) is 7.58. The number of carbonyl (C=O) groups is 2. The molecule has 2 rings (SSSR count). The van der Waals surface area contributed by atoms with Crippen molar-refractivity contribution < 1.29 is 14.3 Å². The number of anilines is 1. The number of rotatable bonds is 8. The second-order valence-electron chi connectivity index (χ2n) is 5.85. The van der Waals surface area contributed by atoms with Crippen LogP contribution in [-0.4, -0.2) is 36.6 Å². The lowest BCUT2D eigenvalue weighted by Gasteiger charge is -2.08. The van der Waals surface area contributed by atoms with E-state index in [-0.39, 0.29) is 11.8 Å². The molecule has 1 aromatic carbocycles. The van der Waals surface area contributed by atoms with E-state index in [1.807, 2.05) is 26.8 Å². The van der Waals surface area contributed by atoms with Crippen molar-refractivity contribution in [3.8, 4) is 0 Å². The van der Waals surface area contributed by atoms with Crippen LogP contribution in [0.4, 0.5) is 5.69 Å². The Kier molecular flexibility index (Phi) is 6.77. The molecule has 0 saturated carbocycles. The smallest absolute Gasteiger partial charge is 0.272 e. The molecule has 3 N–H and O–H groups in total. The Bertz CT molecular complexity index is 737. The summed E-state index contributed by atoms with van der Waals surface area (Å²) in [5.41, 5.74) is 3.44. The zero-order valence-electron chi connectivity index (χ0n) is 14.9. The van der Waals surface area contributed by atoms with Crippen LogP contribution in [0.3, 0.4) is 0 Å². The molecule has 0 saturated heterocycles. The molecule has 25 heavy (non-hydrogen) atoms. The minimum atomic E-state index is -0.222. The van der Waals surface area contributed by atoms with E-state index in [4.69, 9.17) is 4.74 Å². The highest BCUT2D eigenvalue weighted by Gasteiger charge is 2.13. The lowest BCUT2D eigenvalue weighted by Crippen LogP contribution is -2.25. The van der Waals surface area contributed by atoms with Gasteiger partial charge in [-0.2, -0.15) is 0 Å². The van der Waals surface area contributed by atoms with Crippen LogP contribution in [-0.2, 0) is 4.74 Å². The van der Waals surface area contributed by atoms with Gasteiger partial charge in [-0.3, -0.25) is 9.59 Å². The van der Waals surface area contributed by atoms with E-state index < -0.39 is 0 Å². The molecular formula is C19H25N3O3. The van der Waals surface area contributed by atoms with E-state index in [9.17, 15) is 9.59 Å². The number of aromatic amines is 1. The molecule has 1 aromatic heterocycles. The molecule has 1 heterocycles. The summed E-state index contributed by atoms with van der Waals surface area (Å²) in [4.78, 5) is 27.6. The van der Waals surface area contributed by atoms with E-state index in [1.54, 1.807) is 24.3 Å². The number of carbonyl (C=O) groups excluding carboxylic acids is 2. The first-order chi connectivity index (χ1) is 12.0. The summed E-state index contributed by atoms with van der Waals surface area (Å²) >= 11 is 0. The minimum absolute atomic E-state index is 0.167. The molecule has 0 aliphatic carbocycles. The fraction of sp³-hybridized carbons (Fsp3) is 0.368. The molecular weight excluding hydrogens is 318 g/mol. The Morgan fingerprint density at radius 1 is 1.16 bits per heavy atom. The van der Waals surface area contributed by atoms with Crippen molar-refractivity contribution in [1.29, 1.82) is 0 Å². The van der Waals surface area contributed by atoms with Crippen molar-refractivity contribution >= 4 is 17.5 Å². The van der Waals surface area contributed by atoms with Gasteiger partial charge in [-0.15, -0.1) is 0 Å². The first-order valence-corrected chi connectivity index (χ1v) is 8.44. The van der Waals surface area contributed by atoms with Gasteiger partial charge in [0, 0.05) is 36.7 Å². The first kappa shape index (κ1) is 18.7. The van der Waals surface area contributed by atoms with Crippen molar-refractivity contribution in [3.63, 3.8) is 0 Å². The van der Waals surface area contributed by atoms with E-state index in [0.717, 1.165) is 17.7 Å². The van der Waals surface area contributed by atoms with Crippen molar-refractivity contribution in [3.05, 3.63) is 52.8 Å². The lowest BCUT2D eigenvalue weighted by atomic mass is 10.1. The average Bonchev–Trinajstić information content (AvgIpc) is 2.93. The summed E-state index contributed by atoms with van der Waals surface area (Å²) in [7, 11) is 0. The maximum absolute atomic E-state index is 12.3.